The minimum Gasteiger partial charge on any atom is -0.398 e. The van der Waals surface area contributed by atoms with Crippen LogP contribution in [0.4, 0.5) is 5.69 Å². The minimum atomic E-state index is 0.698. The first-order valence-electron chi connectivity index (χ1n) is 7.35. The van der Waals surface area contributed by atoms with E-state index in [4.69, 9.17) is 5.73 Å². The molecule has 0 aromatic heterocycles. The number of hydrogen-bond donors (Lipinski definition) is 1. The molecule has 2 rings (SSSR count). The molecular formula is C16H25BrN2. The van der Waals surface area contributed by atoms with Crippen molar-refractivity contribution in [3.63, 3.8) is 0 Å². The zero-order valence-corrected chi connectivity index (χ0v) is 13.6. The average molecular weight is 325 g/mol. The second-order valence-corrected chi connectivity index (χ2v) is 6.92. The lowest BCUT2D eigenvalue weighted by atomic mass is 10.1. The van der Waals surface area contributed by atoms with Gasteiger partial charge in [0.2, 0.25) is 0 Å². The Hall–Kier alpha value is -0.540. The van der Waals surface area contributed by atoms with Crippen molar-refractivity contribution >= 4 is 21.6 Å². The summed E-state index contributed by atoms with van der Waals surface area (Å²) in [6, 6.07) is 6.84. The first kappa shape index (κ1) is 14.9. The predicted octanol–water partition coefficient (Wildman–Crippen LogP) is 4.43. The van der Waals surface area contributed by atoms with E-state index in [0.717, 1.165) is 29.3 Å². The van der Waals surface area contributed by atoms with Crippen LogP contribution in [0.2, 0.25) is 0 Å². The molecule has 0 spiro atoms. The molecule has 1 saturated carbocycles. The number of hydrogen-bond acceptors (Lipinski definition) is 2. The lowest BCUT2D eigenvalue weighted by Crippen LogP contribution is -2.36. The first-order chi connectivity index (χ1) is 9.08. The molecule has 19 heavy (non-hydrogen) atoms. The molecule has 0 heterocycles. The topological polar surface area (TPSA) is 29.3 Å². The first-order valence-corrected chi connectivity index (χ1v) is 8.14. The summed E-state index contributed by atoms with van der Waals surface area (Å²) < 4.78 is 1.14. The summed E-state index contributed by atoms with van der Waals surface area (Å²) in [5.41, 5.74) is 8.29. The van der Waals surface area contributed by atoms with Crippen molar-refractivity contribution in [2.24, 2.45) is 5.92 Å². The highest BCUT2D eigenvalue weighted by atomic mass is 79.9. The normalized spacial score (nSPS) is 16.7. The SMILES string of the molecule is CC(C)CN(Cc1c(N)cccc1Br)C1CCCC1. The third kappa shape index (κ3) is 3.96. The molecule has 1 fully saturated rings. The molecule has 0 radical (unpaired) electrons. The smallest absolute Gasteiger partial charge is 0.0371 e. The number of anilines is 1. The molecule has 1 aromatic rings. The van der Waals surface area contributed by atoms with Crippen LogP contribution in [-0.2, 0) is 6.54 Å². The summed E-state index contributed by atoms with van der Waals surface area (Å²) in [5.74, 6) is 0.698. The molecule has 0 bridgehead atoms. The van der Waals surface area contributed by atoms with Crippen LogP contribution < -0.4 is 5.73 Å². The van der Waals surface area contributed by atoms with E-state index in [1.54, 1.807) is 0 Å². The van der Waals surface area contributed by atoms with Gasteiger partial charge in [0.15, 0.2) is 0 Å². The molecule has 3 heteroatoms. The monoisotopic (exact) mass is 324 g/mol. The zero-order valence-electron chi connectivity index (χ0n) is 12.0. The van der Waals surface area contributed by atoms with Crippen molar-refractivity contribution in [2.75, 3.05) is 12.3 Å². The van der Waals surface area contributed by atoms with E-state index in [2.05, 4.69) is 40.7 Å². The second kappa shape index (κ2) is 6.76. The zero-order chi connectivity index (χ0) is 13.8. The molecular weight excluding hydrogens is 300 g/mol. The summed E-state index contributed by atoms with van der Waals surface area (Å²) in [5, 5.41) is 0. The summed E-state index contributed by atoms with van der Waals surface area (Å²) >= 11 is 3.64. The Morgan fingerprint density at radius 3 is 2.58 bits per heavy atom. The van der Waals surface area contributed by atoms with E-state index in [1.807, 2.05) is 12.1 Å². The van der Waals surface area contributed by atoms with Crippen LogP contribution in [0.5, 0.6) is 0 Å². The number of nitrogen functional groups attached to an aromatic ring is 1. The number of halogens is 1. The Balaban J connectivity index is 2.14. The van der Waals surface area contributed by atoms with Gasteiger partial charge in [-0.2, -0.15) is 0 Å². The van der Waals surface area contributed by atoms with E-state index in [9.17, 15) is 0 Å². The molecule has 106 valence electrons. The van der Waals surface area contributed by atoms with Crippen LogP contribution in [0.3, 0.4) is 0 Å². The van der Waals surface area contributed by atoms with Crippen LogP contribution in [-0.4, -0.2) is 17.5 Å². The fourth-order valence-corrected chi connectivity index (χ4v) is 3.53. The van der Waals surface area contributed by atoms with Crippen molar-refractivity contribution in [1.82, 2.24) is 4.90 Å². The molecule has 2 N–H and O–H groups in total. The Morgan fingerprint density at radius 1 is 1.32 bits per heavy atom. The van der Waals surface area contributed by atoms with Gasteiger partial charge >= 0.3 is 0 Å². The van der Waals surface area contributed by atoms with Gasteiger partial charge in [-0.15, -0.1) is 0 Å². The number of nitrogens with zero attached hydrogens (tertiary/aromatic N) is 1. The number of nitrogens with two attached hydrogens (primary N) is 1. The molecule has 1 aliphatic rings. The maximum absolute atomic E-state index is 6.14. The van der Waals surface area contributed by atoms with Crippen molar-refractivity contribution in [3.05, 3.63) is 28.2 Å². The van der Waals surface area contributed by atoms with Gasteiger partial charge in [0, 0.05) is 34.9 Å². The van der Waals surface area contributed by atoms with Gasteiger partial charge < -0.3 is 5.73 Å². The minimum absolute atomic E-state index is 0.698. The third-order valence-electron chi connectivity index (χ3n) is 3.96. The Labute approximate surface area is 125 Å². The van der Waals surface area contributed by atoms with Gasteiger partial charge in [-0.3, -0.25) is 4.90 Å². The van der Waals surface area contributed by atoms with E-state index in [-0.39, 0.29) is 0 Å². The van der Waals surface area contributed by atoms with E-state index in [1.165, 1.54) is 31.2 Å². The summed E-state index contributed by atoms with van der Waals surface area (Å²) in [4.78, 5) is 2.63. The van der Waals surface area contributed by atoms with Gasteiger partial charge in [0.25, 0.3) is 0 Å². The van der Waals surface area contributed by atoms with E-state index < -0.39 is 0 Å². The van der Waals surface area contributed by atoms with Crippen molar-refractivity contribution in [1.29, 1.82) is 0 Å². The molecule has 0 aliphatic heterocycles. The number of benzene rings is 1. The summed E-state index contributed by atoms with van der Waals surface area (Å²) in [7, 11) is 0. The molecule has 1 aromatic carbocycles. The quantitative estimate of drug-likeness (QED) is 0.812. The second-order valence-electron chi connectivity index (χ2n) is 6.07. The van der Waals surface area contributed by atoms with Crippen molar-refractivity contribution in [2.45, 2.75) is 52.1 Å². The number of rotatable bonds is 5. The highest BCUT2D eigenvalue weighted by molar-refractivity contribution is 9.10. The van der Waals surface area contributed by atoms with E-state index in [0.29, 0.717) is 5.92 Å². The van der Waals surface area contributed by atoms with Gasteiger partial charge in [0.1, 0.15) is 0 Å². The largest absolute Gasteiger partial charge is 0.398 e. The van der Waals surface area contributed by atoms with Crippen LogP contribution >= 0.6 is 15.9 Å². The van der Waals surface area contributed by atoms with Crippen LogP contribution in [0.25, 0.3) is 0 Å². The summed E-state index contributed by atoms with van der Waals surface area (Å²) in [6.45, 7) is 6.72. The lowest BCUT2D eigenvalue weighted by molar-refractivity contribution is 0.168. The maximum atomic E-state index is 6.14. The Morgan fingerprint density at radius 2 is 2.00 bits per heavy atom. The highest BCUT2D eigenvalue weighted by Crippen LogP contribution is 2.29. The Bertz CT molecular complexity index is 391. The molecule has 0 unspecified atom stereocenters. The summed E-state index contributed by atoms with van der Waals surface area (Å²) in [6.07, 6.45) is 5.45. The van der Waals surface area contributed by atoms with Crippen LogP contribution in [0, 0.1) is 5.92 Å². The van der Waals surface area contributed by atoms with Gasteiger partial charge in [-0.05, 0) is 30.9 Å². The van der Waals surface area contributed by atoms with Gasteiger partial charge in [-0.25, -0.2) is 0 Å². The van der Waals surface area contributed by atoms with Crippen LogP contribution in [0.1, 0.15) is 45.1 Å². The van der Waals surface area contributed by atoms with Crippen molar-refractivity contribution < 1.29 is 0 Å². The van der Waals surface area contributed by atoms with Gasteiger partial charge in [-0.1, -0.05) is 48.7 Å². The highest BCUT2D eigenvalue weighted by Gasteiger charge is 2.24. The predicted molar refractivity (Wildman–Crippen MR) is 86.1 cm³/mol. The Kier molecular flexibility index (Phi) is 5.28. The molecule has 1 aliphatic carbocycles. The van der Waals surface area contributed by atoms with Gasteiger partial charge in [0.05, 0.1) is 0 Å². The molecule has 0 amide bonds. The molecule has 0 atom stereocenters. The van der Waals surface area contributed by atoms with E-state index >= 15 is 0 Å². The lowest BCUT2D eigenvalue weighted by Gasteiger charge is -2.31. The standard InChI is InChI=1S/C16H25BrN2/c1-12(2)10-19(13-6-3-4-7-13)11-14-15(17)8-5-9-16(14)18/h5,8-9,12-13H,3-4,6-7,10-11,18H2,1-2H3. The fraction of sp³-hybridized carbons (Fsp3) is 0.625. The van der Waals surface area contributed by atoms with Crippen molar-refractivity contribution in [3.8, 4) is 0 Å². The third-order valence-corrected chi connectivity index (χ3v) is 4.70. The molecule has 2 nitrogen and oxygen atoms in total. The van der Waals surface area contributed by atoms with Crippen LogP contribution in [0.15, 0.2) is 22.7 Å². The molecule has 0 saturated heterocycles. The fourth-order valence-electron chi connectivity index (χ4n) is 3.03. The maximum Gasteiger partial charge on any atom is 0.0371 e. The average Bonchev–Trinajstić information content (AvgIpc) is 2.85.